The molecule has 1 aromatic carbocycles. The lowest BCUT2D eigenvalue weighted by Gasteiger charge is -2.40. The van der Waals surface area contributed by atoms with Gasteiger partial charge in [-0.15, -0.1) is 0 Å². The van der Waals surface area contributed by atoms with Crippen molar-refractivity contribution in [2.75, 3.05) is 24.5 Å². The van der Waals surface area contributed by atoms with E-state index in [-0.39, 0.29) is 11.9 Å². The standard InChI is InChI=1S/C21H19N5O/c1-16-15-25(21-19(14-23)6-3-9-24-21)10-11-26(16)20(27)8-7-17-4-2-5-18(12-17)13-22/h2-9,12,16H,10-11,15H2,1H3/t16-/m1/s1. The third kappa shape index (κ3) is 4.13. The first kappa shape index (κ1) is 18.2. The summed E-state index contributed by atoms with van der Waals surface area (Å²) >= 11 is 0. The van der Waals surface area contributed by atoms with E-state index in [4.69, 9.17) is 5.26 Å². The van der Waals surface area contributed by atoms with Crippen LogP contribution in [0.4, 0.5) is 5.82 Å². The molecule has 1 saturated heterocycles. The SMILES string of the molecule is C[C@@H]1CN(c2ncccc2C#N)CCN1C(=O)C=Cc1cccc(C#N)c1. The summed E-state index contributed by atoms with van der Waals surface area (Å²) in [5, 5.41) is 18.2. The molecular weight excluding hydrogens is 338 g/mol. The van der Waals surface area contributed by atoms with Crippen LogP contribution in [0.2, 0.25) is 0 Å². The molecule has 0 radical (unpaired) electrons. The summed E-state index contributed by atoms with van der Waals surface area (Å²) < 4.78 is 0. The molecule has 1 aromatic heterocycles. The summed E-state index contributed by atoms with van der Waals surface area (Å²) in [5.41, 5.74) is 1.93. The van der Waals surface area contributed by atoms with E-state index in [1.165, 1.54) is 0 Å². The second-order valence-corrected chi connectivity index (χ2v) is 6.38. The largest absolute Gasteiger partial charge is 0.352 e. The molecule has 134 valence electrons. The number of aromatic nitrogens is 1. The van der Waals surface area contributed by atoms with Gasteiger partial charge in [0, 0.05) is 37.9 Å². The van der Waals surface area contributed by atoms with Gasteiger partial charge in [-0.25, -0.2) is 4.98 Å². The van der Waals surface area contributed by atoms with Crippen LogP contribution in [0.1, 0.15) is 23.6 Å². The van der Waals surface area contributed by atoms with Gasteiger partial charge < -0.3 is 9.80 Å². The summed E-state index contributed by atoms with van der Waals surface area (Å²) in [6.45, 7) is 3.79. The fourth-order valence-corrected chi connectivity index (χ4v) is 3.19. The number of piperazine rings is 1. The maximum atomic E-state index is 12.6. The van der Waals surface area contributed by atoms with E-state index >= 15 is 0 Å². The monoisotopic (exact) mass is 357 g/mol. The molecule has 2 heterocycles. The van der Waals surface area contributed by atoms with E-state index in [0.717, 1.165) is 5.56 Å². The number of nitriles is 2. The highest BCUT2D eigenvalue weighted by Crippen LogP contribution is 2.21. The summed E-state index contributed by atoms with van der Waals surface area (Å²) in [7, 11) is 0. The first-order chi connectivity index (χ1) is 13.1. The van der Waals surface area contributed by atoms with Crippen LogP contribution >= 0.6 is 0 Å². The van der Waals surface area contributed by atoms with Crippen molar-refractivity contribution < 1.29 is 4.79 Å². The maximum absolute atomic E-state index is 12.6. The van der Waals surface area contributed by atoms with Crippen LogP contribution in [-0.4, -0.2) is 41.5 Å². The minimum atomic E-state index is -0.0639. The number of carbonyl (C=O) groups is 1. The minimum absolute atomic E-state index is 0.00473. The van der Waals surface area contributed by atoms with Gasteiger partial charge in [0.2, 0.25) is 5.91 Å². The van der Waals surface area contributed by atoms with Gasteiger partial charge in [-0.3, -0.25) is 4.79 Å². The van der Waals surface area contributed by atoms with E-state index in [9.17, 15) is 10.1 Å². The Balaban J connectivity index is 1.67. The van der Waals surface area contributed by atoms with Crippen molar-refractivity contribution in [3.63, 3.8) is 0 Å². The second-order valence-electron chi connectivity index (χ2n) is 6.38. The predicted molar refractivity (Wildman–Crippen MR) is 103 cm³/mol. The second kappa shape index (κ2) is 8.16. The molecule has 0 unspecified atom stereocenters. The lowest BCUT2D eigenvalue weighted by Crippen LogP contribution is -2.54. The lowest BCUT2D eigenvalue weighted by atomic mass is 10.1. The Kier molecular flexibility index (Phi) is 5.49. The van der Waals surface area contributed by atoms with Crippen molar-refractivity contribution in [1.82, 2.24) is 9.88 Å². The quantitative estimate of drug-likeness (QED) is 0.788. The molecule has 1 aliphatic rings. The number of hydrogen-bond acceptors (Lipinski definition) is 5. The Labute approximate surface area is 158 Å². The third-order valence-electron chi connectivity index (χ3n) is 4.55. The van der Waals surface area contributed by atoms with Crippen LogP contribution in [0.3, 0.4) is 0 Å². The lowest BCUT2D eigenvalue weighted by molar-refractivity contribution is -0.128. The third-order valence-corrected chi connectivity index (χ3v) is 4.55. The Morgan fingerprint density at radius 3 is 2.81 bits per heavy atom. The summed E-state index contributed by atoms with van der Waals surface area (Å²) in [6.07, 6.45) is 4.95. The average Bonchev–Trinajstić information content (AvgIpc) is 2.72. The van der Waals surface area contributed by atoms with E-state index < -0.39 is 0 Å². The highest BCUT2D eigenvalue weighted by Gasteiger charge is 2.27. The maximum Gasteiger partial charge on any atom is 0.246 e. The van der Waals surface area contributed by atoms with E-state index in [1.807, 2.05) is 22.8 Å². The molecule has 0 bridgehead atoms. The summed E-state index contributed by atoms with van der Waals surface area (Å²) in [5.74, 6) is 0.605. The smallest absolute Gasteiger partial charge is 0.246 e. The molecule has 0 spiro atoms. The minimum Gasteiger partial charge on any atom is -0.352 e. The zero-order chi connectivity index (χ0) is 19.2. The van der Waals surface area contributed by atoms with E-state index in [1.54, 1.807) is 48.7 Å². The Bertz CT molecular complexity index is 954. The van der Waals surface area contributed by atoms with E-state index in [2.05, 4.69) is 17.1 Å². The number of nitrogens with zero attached hydrogens (tertiary/aromatic N) is 5. The molecule has 6 nitrogen and oxygen atoms in total. The van der Waals surface area contributed by atoms with Crippen LogP contribution < -0.4 is 4.90 Å². The van der Waals surface area contributed by atoms with Crippen molar-refractivity contribution in [3.8, 4) is 12.1 Å². The van der Waals surface area contributed by atoms with Gasteiger partial charge >= 0.3 is 0 Å². The van der Waals surface area contributed by atoms with E-state index in [0.29, 0.717) is 36.6 Å². The van der Waals surface area contributed by atoms with Gasteiger partial charge in [0.15, 0.2) is 0 Å². The van der Waals surface area contributed by atoms with Gasteiger partial charge in [0.1, 0.15) is 11.9 Å². The molecule has 0 N–H and O–H groups in total. The fraction of sp³-hybridized carbons (Fsp3) is 0.238. The van der Waals surface area contributed by atoms with Crippen LogP contribution in [0, 0.1) is 22.7 Å². The van der Waals surface area contributed by atoms with Crippen molar-refractivity contribution in [3.05, 3.63) is 65.4 Å². The summed E-state index contributed by atoms with van der Waals surface area (Å²) in [4.78, 5) is 20.8. The topological polar surface area (TPSA) is 84.0 Å². The molecule has 1 fully saturated rings. The number of hydrogen-bond donors (Lipinski definition) is 0. The number of amides is 1. The molecule has 1 aliphatic heterocycles. The molecule has 2 aromatic rings. The fourth-order valence-electron chi connectivity index (χ4n) is 3.19. The molecule has 3 rings (SSSR count). The molecular formula is C21H19N5O. The Morgan fingerprint density at radius 2 is 2.07 bits per heavy atom. The zero-order valence-corrected chi connectivity index (χ0v) is 15.0. The zero-order valence-electron chi connectivity index (χ0n) is 15.0. The first-order valence-electron chi connectivity index (χ1n) is 8.71. The average molecular weight is 357 g/mol. The molecule has 1 amide bonds. The van der Waals surface area contributed by atoms with Crippen LogP contribution in [-0.2, 0) is 4.79 Å². The van der Waals surface area contributed by atoms with Gasteiger partial charge in [0.25, 0.3) is 0 Å². The number of rotatable bonds is 3. The van der Waals surface area contributed by atoms with Crippen LogP contribution in [0.15, 0.2) is 48.7 Å². The van der Waals surface area contributed by atoms with Crippen molar-refractivity contribution in [2.45, 2.75) is 13.0 Å². The molecule has 0 saturated carbocycles. The summed E-state index contributed by atoms with van der Waals surface area (Å²) in [6, 6.07) is 14.9. The number of benzene rings is 1. The van der Waals surface area contributed by atoms with Gasteiger partial charge in [-0.1, -0.05) is 12.1 Å². The molecule has 0 aliphatic carbocycles. The Morgan fingerprint density at radius 1 is 1.22 bits per heavy atom. The number of pyridine rings is 1. The van der Waals surface area contributed by atoms with Crippen molar-refractivity contribution in [2.24, 2.45) is 0 Å². The highest BCUT2D eigenvalue weighted by atomic mass is 16.2. The molecule has 6 heteroatoms. The number of anilines is 1. The van der Waals surface area contributed by atoms with Crippen LogP contribution in [0.25, 0.3) is 6.08 Å². The highest BCUT2D eigenvalue weighted by molar-refractivity contribution is 5.92. The normalized spacial score (nSPS) is 16.8. The van der Waals surface area contributed by atoms with Gasteiger partial charge in [-0.05, 0) is 42.8 Å². The Hall–Kier alpha value is -3.64. The molecule has 27 heavy (non-hydrogen) atoms. The van der Waals surface area contributed by atoms with Crippen molar-refractivity contribution in [1.29, 1.82) is 10.5 Å². The first-order valence-corrected chi connectivity index (χ1v) is 8.71. The predicted octanol–water partition coefficient (Wildman–Crippen LogP) is 2.58. The van der Waals surface area contributed by atoms with Crippen LogP contribution in [0.5, 0.6) is 0 Å². The number of carbonyl (C=O) groups excluding carboxylic acids is 1. The van der Waals surface area contributed by atoms with Gasteiger partial charge in [-0.2, -0.15) is 10.5 Å². The van der Waals surface area contributed by atoms with Crippen molar-refractivity contribution >= 4 is 17.8 Å². The molecule has 1 atom stereocenters. The van der Waals surface area contributed by atoms with Gasteiger partial charge in [0.05, 0.1) is 17.2 Å².